The molecular weight excluding hydrogens is 168 g/mol. The second-order valence-electron chi connectivity index (χ2n) is 4.75. The Morgan fingerprint density at radius 3 is 2.79 bits per heavy atom. The second-order valence-corrected chi connectivity index (χ2v) is 4.75. The van der Waals surface area contributed by atoms with Crippen molar-refractivity contribution in [3.05, 3.63) is 35.5 Å². The lowest BCUT2D eigenvalue weighted by Crippen LogP contribution is -2.39. The molecule has 2 aliphatic rings. The lowest BCUT2D eigenvalue weighted by Gasteiger charge is -2.49. The first kappa shape index (κ1) is 9.76. The van der Waals surface area contributed by atoms with E-state index in [-0.39, 0.29) is 0 Å². The molecule has 0 aromatic carbocycles. The van der Waals surface area contributed by atoms with Gasteiger partial charge in [0.05, 0.1) is 0 Å². The molecular formula is C14H20. The highest BCUT2D eigenvalue weighted by atomic mass is 14.5. The minimum atomic E-state index is 0.412. The van der Waals surface area contributed by atoms with E-state index in [9.17, 15) is 0 Å². The first-order valence-electron chi connectivity index (χ1n) is 5.77. The van der Waals surface area contributed by atoms with Crippen molar-refractivity contribution in [2.45, 2.75) is 40.0 Å². The van der Waals surface area contributed by atoms with Crippen LogP contribution < -0.4 is 0 Å². The molecule has 0 N–H and O–H groups in total. The predicted molar refractivity (Wildman–Crippen MR) is 62.1 cm³/mol. The fraction of sp³-hybridized carbons (Fsp3) is 0.571. The van der Waals surface area contributed by atoms with Crippen LogP contribution in [0.2, 0.25) is 0 Å². The first-order chi connectivity index (χ1) is 6.70. The summed E-state index contributed by atoms with van der Waals surface area (Å²) in [4.78, 5) is 0. The monoisotopic (exact) mass is 188 g/mol. The molecule has 0 aliphatic heterocycles. The number of rotatable bonds is 1. The van der Waals surface area contributed by atoms with Crippen molar-refractivity contribution in [1.82, 2.24) is 0 Å². The van der Waals surface area contributed by atoms with E-state index in [1.807, 2.05) is 0 Å². The van der Waals surface area contributed by atoms with Crippen LogP contribution in [0.1, 0.15) is 40.0 Å². The summed E-state index contributed by atoms with van der Waals surface area (Å²) in [5.74, 6) is 0.834. The first-order valence-corrected chi connectivity index (χ1v) is 5.77. The van der Waals surface area contributed by atoms with Crippen molar-refractivity contribution in [3.8, 4) is 0 Å². The lowest BCUT2D eigenvalue weighted by molar-refractivity contribution is 0.147. The maximum Gasteiger partial charge on any atom is 0.0160 e. The molecule has 14 heavy (non-hydrogen) atoms. The van der Waals surface area contributed by atoms with Gasteiger partial charge in [-0.15, -0.1) is 0 Å². The third-order valence-corrected chi connectivity index (χ3v) is 4.13. The zero-order valence-corrected chi connectivity index (χ0v) is 9.51. The minimum Gasteiger partial charge on any atom is -0.0737 e. The highest BCUT2D eigenvalue weighted by Crippen LogP contribution is 2.55. The van der Waals surface area contributed by atoms with Crippen molar-refractivity contribution in [2.24, 2.45) is 11.3 Å². The van der Waals surface area contributed by atoms with Crippen molar-refractivity contribution in [2.75, 3.05) is 0 Å². The van der Waals surface area contributed by atoms with Gasteiger partial charge in [0.2, 0.25) is 0 Å². The summed E-state index contributed by atoms with van der Waals surface area (Å²) in [5.41, 5.74) is 3.58. The third kappa shape index (κ3) is 1.20. The molecule has 0 nitrogen and oxygen atoms in total. The smallest absolute Gasteiger partial charge is 0.0160 e. The van der Waals surface area contributed by atoms with Crippen LogP contribution >= 0.6 is 0 Å². The molecule has 1 spiro atoms. The van der Waals surface area contributed by atoms with Crippen LogP contribution in [-0.2, 0) is 0 Å². The summed E-state index contributed by atoms with van der Waals surface area (Å²) in [6.07, 6.45) is 13.1. The zero-order valence-electron chi connectivity index (χ0n) is 9.51. The van der Waals surface area contributed by atoms with Gasteiger partial charge < -0.3 is 0 Å². The number of allylic oxidation sites excluding steroid dienone is 6. The van der Waals surface area contributed by atoms with Crippen LogP contribution in [0.25, 0.3) is 0 Å². The van der Waals surface area contributed by atoms with Crippen molar-refractivity contribution < 1.29 is 0 Å². The van der Waals surface area contributed by atoms with Gasteiger partial charge in [-0.25, -0.2) is 0 Å². The molecule has 0 aromatic heterocycles. The molecule has 2 atom stereocenters. The molecule has 2 aliphatic carbocycles. The molecule has 1 fully saturated rings. The van der Waals surface area contributed by atoms with E-state index in [4.69, 9.17) is 0 Å². The molecule has 0 heterocycles. The van der Waals surface area contributed by atoms with E-state index >= 15 is 0 Å². The van der Waals surface area contributed by atoms with E-state index in [1.54, 1.807) is 11.1 Å². The van der Waals surface area contributed by atoms with Gasteiger partial charge in [0.25, 0.3) is 0 Å². The van der Waals surface area contributed by atoms with Crippen molar-refractivity contribution in [3.63, 3.8) is 0 Å². The molecule has 2 rings (SSSR count). The summed E-state index contributed by atoms with van der Waals surface area (Å²) in [6.45, 7) is 6.92. The van der Waals surface area contributed by atoms with Crippen LogP contribution in [0, 0.1) is 11.3 Å². The second kappa shape index (κ2) is 3.42. The molecule has 0 amide bonds. The lowest BCUT2D eigenvalue weighted by atomic mass is 9.55. The largest absolute Gasteiger partial charge is 0.0737 e. The third-order valence-electron chi connectivity index (χ3n) is 4.13. The molecule has 0 aromatic rings. The highest BCUT2D eigenvalue weighted by Gasteiger charge is 2.44. The van der Waals surface area contributed by atoms with E-state index < -0.39 is 0 Å². The van der Waals surface area contributed by atoms with E-state index in [0.29, 0.717) is 5.41 Å². The Balaban J connectivity index is 2.40. The van der Waals surface area contributed by atoms with Gasteiger partial charge in [-0.1, -0.05) is 43.7 Å². The molecule has 76 valence electrons. The Labute approximate surface area is 87.4 Å². The Morgan fingerprint density at radius 1 is 1.50 bits per heavy atom. The van der Waals surface area contributed by atoms with E-state index in [1.165, 1.54) is 19.3 Å². The normalized spacial score (nSPS) is 38.6. The Kier molecular flexibility index (Phi) is 2.38. The average Bonchev–Trinajstić information content (AvgIpc) is 2.25. The van der Waals surface area contributed by atoms with Gasteiger partial charge in [-0.2, -0.15) is 0 Å². The van der Waals surface area contributed by atoms with Crippen LogP contribution in [0.3, 0.4) is 0 Å². The van der Waals surface area contributed by atoms with Gasteiger partial charge in [-0.3, -0.25) is 0 Å². The van der Waals surface area contributed by atoms with Gasteiger partial charge in [0.1, 0.15) is 0 Å². The summed E-state index contributed by atoms with van der Waals surface area (Å²) >= 11 is 0. The topological polar surface area (TPSA) is 0 Å². The Morgan fingerprint density at radius 2 is 2.29 bits per heavy atom. The average molecular weight is 188 g/mol. The van der Waals surface area contributed by atoms with Crippen molar-refractivity contribution in [1.29, 1.82) is 0 Å². The van der Waals surface area contributed by atoms with Gasteiger partial charge in [0, 0.05) is 5.41 Å². The van der Waals surface area contributed by atoms with Gasteiger partial charge >= 0.3 is 0 Å². The van der Waals surface area contributed by atoms with Crippen LogP contribution in [0.5, 0.6) is 0 Å². The molecule has 0 radical (unpaired) electrons. The Bertz CT molecular complexity index is 317. The maximum absolute atomic E-state index is 2.43. The number of hydrogen-bond donors (Lipinski definition) is 0. The fourth-order valence-corrected chi connectivity index (χ4v) is 2.75. The van der Waals surface area contributed by atoms with E-state index in [0.717, 1.165) is 5.92 Å². The molecule has 0 heteroatoms. The summed E-state index contributed by atoms with van der Waals surface area (Å²) in [7, 11) is 0. The molecule has 1 saturated carbocycles. The quantitative estimate of drug-likeness (QED) is 0.577. The van der Waals surface area contributed by atoms with Crippen LogP contribution in [-0.4, -0.2) is 0 Å². The maximum atomic E-state index is 2.43. The van der Waals surface area contributed by atoms with Crippen LogP contribution in [0.15, 0.2) is 35.5 Å². The molecule has 2 unspecified atom stereocenters. The fourth-order valence-electron chi connectivity index (χ4n) is 2.75. The van der Waals surface area contributed by atoms with Gasteiger partial charge in [-0.05, 0) is 37.7 Å². The summed E-state index contributed by atoms with van der Waals surface area (Å²) in [6, 6.07) is 0. The number of hydrogen-bond acceptors (Lipinski definition) is 0. The summed E-state index contributed by atoms with van der Waals surface area (Å²) < 4.78 is 0. The van der Waals surface area contributed by atoms with Crippen molar-refractivity contribution >= 4 is 0 Å². The Hall–Kier alpha value is -0.780. The molecule has 0 saturated heterocycles. The predicted octanol–water partition coefficient (Wildman–Crippen LogP) is 4.26. The SMILES string of the molecule is CC/C(C)=C1\C=CC=CC12CCC2C. The zero-order chi connectivity index (χ0) is 10.2. The standard InChI is InChI=1S/C14H20/c1-4-11(2)13-7-5-6-9-14(13)10-8-12(14)3/h5-7,9,12H,4,8,10H2,1-3H3/b13-11+. The molecule has 0 bridgehead atoms. The van der Waals surface area contributed by atoms with E-state index in [2.05, 4.69) is 45.1 Å². The minimum absolute atomic E-state index is 0.412. The highest BCUT2D eigenvalue weighted by molar-refractivity contribution is 5.43. The summed E-state index contributed by atoms with van der Waals surface area (Å²) in [5, 5.41) is 0. The van der Waals surface area contributed by atoms with Gasteiger partial charge in [0.15, 0.2) is 0 Å². The van der Waals surface area contributed by atoms with Crippen LogP contribution in [0.4, 0.5) is 0 Å².